The molecule has 1 N–H and O–H groups in total. The zero-order valence-electron chi connectivity index (χ0n) is 15.1. The standard InChI is InChI=1S/C19H15NO9/c1-6(21)16(22)28-14-8-5-9-13(18(24)29-15(9)14)12(8)17(23)26-7-2-3-10-11(4-7)27-19(25)20-10/h2-4,8-9,12-15H,5H2,1H3,(H,20,25). The number of rotatable bonds is 4. The number of fused-ring (bicyclic) bond motifs is 2. The van der Waals surface area contributed by atoms with Crippen LogP contribution >= 0.6 is 0 Å². The molecule has 2 bridgehead atoms. The van der Waals surface area contributed by atoms with E-state index < -0.39 is 59.4 Å². The van der Waals surface area contributed by atoms with Gasteiger partial charge in [0.25, 0.3) is 0 Å². The van der Waals surface area contributed by atoms with Crippen LogP contribution in [0.5, 0.6) is 5.75 Å². The minimum absolute atomic E-state index is 0.146. The number of ether oxygens (including phenoxy) is 3. The van der Waals surface area contributed by atoms with Crippen LogP contribution in [0.4, 0.5) is 0 Å². The Labute approximate surface area is 162 Å². The summed E-state index contributed by atoms with van der Waals surface area (Å²) in [6.07, 6.45) is -1.04. The van der Waals surface area contributed by atoms with E-state index in [0.717, 1.165) is 6.92 Å². The molecule has 0 amide bonds. The number of hydrogen-bond donors (Lipinski definition) is 1. The highest BCUT2D eigenvalue weighted by atomic mass is 16.6. The minimum atomic E-state index is -1.03. The molecule has 1 aliphatic heterocycles. The number of oxazole rings is 1. The van der Waals surface area contributed by atoms with Gasteiger partial charge in [-0.2, -0.15) is 0 Å². The lowest BCUT2D eigenvalue weighted by atomic mass is 9.78. The summed E-state index contributed by atoms with van der Waals surface area (Å²) in [5.74, 6) is -5.75. The summed E-state index contributed by atoms with van der Waals surface area (Å²) in [5.41, 5.74) is 0.676. The molecule has 3 aliphatic rings. The first-order chi connectivity index (χ1) is 13.8. The van der Waals surface area contributed by atoms with E-state index in [2.05, 4.69) is 4.98 Å². The fourth-order valence-corrected chi connectivity index (χ4v) is 4.85. The van der Waals surface area contributed by atoms with Crippen LogP contribution in [0.3, 0.4) is 0 Å². The Morgan fingerprint density at radius 1 is 1.17 bits per heavy atom. The predicted octanol–water partition coefficient (Wildman–Crippen LogP) is 0.335. The lowest BCUT2D eigenvalue weighted by molar-refractivity contribution is -0.167. The number of H-pyrrole nitrogens is 1. The van der Waals surface area contributed by atoms with Crippen molar-refractivity contribution in [1.82, 2.24) is 4.98 Å². The Balaban J connectivity index is 1.41. The smallest absolute Gasteiger partial charge is 0.417 e. The Morgan fingerprint density at radius 2 is 1.97 bits per heavy atom. The van der Waals surface area contributed by atoms with Gasteiger partial charge in [0.1, 0.15) is 18.0 Å². The summed E-state index contributed by atoms with van der Waals surface area (Å²) in [4.78, 5) is 62.0. The van der Waals surface area contributed by atoms with Gasteiger partial charge in [0.2, 0.25) is 5.78 Å². The van der Waals surface area contributed by atoms with E-state index in [0.29, 0.717) is 11.9 Å². The van der Waals surface area contributed by atoms with Gasteiger partial charge < -0.3 is 18.6 Å². The van der Waals surface area contributed by atoms with Gasteiger partial charge in [0.05, 0.1) is 17.4 Å². The molecule has 2 heterocycles. The number of ketones is 1. The van der Waals surface area contributed by atoms with Crippen LogP contribution in [0.25, 0.3) is 11.1 Å². The number of benzene rings is 1. The summed E-state index contributed by atoms with van der Waals surface area (Å²) >= 11 is 0. The summed E-state index contributed by atoms with van der Waals surface area (Å²) < 4.78 is 21.0. The molecule has 5 rings (SSSR count). The lowest BCUT2D eigenvalue weighted by Crippen LogP contribution is -2.44. The molecule has 10 nitrogen and oxygen atoms in total. The molecular weight excluding hydrogens is 386 g/mol. The maximum absolute atomic E-state index is 12.9. The molecule has 1 saturated heterocycles. The third kappa shape index (κ3) is 2.59. The van der Waals surface area contributed by atoms with Crippen LogP contribution in [-0.2, 0) is 28.7 Å². The fourth-order valence-electron chi connectivity index (χ4n) is 4.85. The minimum Gasteiger partial charge on any atom is -0.458 e. The Hall–Kier alpha value is -3.43. The number of carbonyl (C=O) groups excluding carboxylic acids is 4. The van der Waals surface area contributed by atoms with E-state index in [1.807, 2.05) is 0 Å². The number of esters is 3. The Bertz CT molecular complexity index is 1130. The van der Waals surface area contributed by atoms with Crippen LogP contribution in [0.15, 0.2) is 27.4 Å². The van der Waals surface area contributed by atoms with E-state index in [9.17, 15) is 24.0 Å². The summed E-state index contributed by atoms with van der Waals surface area (Å²) in [6.45, 7) is 1.08. The largest absolute Gasteiger partial charge is 0.458 e. The van der Waals surface area contributed by atoms with E-state index in [4.69, 9.17) is 18.6 Å². The molecule has 6 atom stereocenters. The van der Waals surface area contributed by atoms with E-state index in [-0.39, 0.29) is 17.3 Å². The first kappa shape index (κ1) is 17.7. The number of carbonyl (C=O) groups is 4. The summed E-state index contributed by atoms with van der Waals surface area (Å²) in [5, 5.41) is 0. The first-order valence-electron chi connectivity index (χ1n) is 9.10. The molecule has 2 aromatic rings. The molecule has 10 heteroatoms. The zero-order valence-corrected chi connectivity index (χ0v) is 15.1. The van der Waals surface area contributed by atoms with Crippen molar-refractivity contribution in [1.29, 1.82) is 0 Å². The van der Waals surface area contributed by atoms with Crippen molar-refractivity contribution < 1.29 is 37.8 Å². The Morgan fingerprint density at radius 3 is 2.72 bits per heavy atom. The molecule has 3 fully saturated rings. The molecule has 2 saturated carbocycles. The fraction of sp³-hybridized carbons (Fsp3) is 0.421. The van der Waals surface area contributed by atoms with Gasteiger partial charge in [0, 0.05) is 24.8 Å². The second-order valence-electron chi connectivity index (χ2n) is 7.54. The van der Waals surface area contributed by atoms with E-state index >= 15 is 0 Å². The van der Waals surface area contributed by atoms with E-state index in [1.54, 1.807) is 0 Å². The van der Waals surface area contributed by atoms with Crippen molar-refractivity contribution in [3.8, 4) is 5.75 Å². The third-order valence-corrected chi connectivity index (χ3v) is 5.96. The topological polar surface area (TPSA) is 142 Å². The maximum Gasteiger partial charge on any atom is 0.417 e. The molecule has 2 aliphatic carbocycles. The molecule has 150 valence electrons. The van der Waals surface area contributed by atoms with Gasteiger partial charge in [-0.1, -0.05) is 0 Å². The highest BCUT2D eigenvalue weighted by Gasteiger charge is 2.70. The Kier molecular flexibility index (Phi) is 3.67. The normalized spacial score (nSPS) is 31.7. The van der Waals surface area contributed by atoms with Crippen molar-refractivity contribution in [2.45, 2.75) is 25.6 Å². The monoisotopic (exact) mass is 401 g/mol. The maximum atomic E-state index is 12.9. The molecule has 6 unspecified atom stereocenters. The highest BCUT2D eigenvalue weighted by molar-refractivity contribution is 6.32. The van der Waals surface area contributed by atoms with Crippen molar-refractivity contribution in [2.75, 3.05) is 0 Å². The number of nitrogens with one attached hydrogen (secondary N) is 1. The van der Waals surface area contributed by atoms with Crippen molar-refractivity contribution in [2.24, 2.45) is 23.7 Å². The number of Topliss-reactive ketones (excluding diaryl/α,β-unsaturated/α-hetero) is 1. The molecule has 0 radical (unpaired) electrons. The van der Waals surface area contributed by atoms with Gasteiger partial charge in [-0.3, -0.25) is 19.4 Å². The summed E-state index contributed by atoms with van der Waals surface area (Å²) in [6, 6.07) is 4.41. The number of aromatic nitrogens is 1. The summed E-state index contributed by atoms with van der Waals surface area (Å²) in [7, 11) is 0. The van der Waals surface area contributed by atoms with Crippen LogP contribution in [0.1, 0.15) is 13.3 Å². The highest BCUT2D eigenvalue weighted by Crippen LogP contribution is 2.59. The number of aromatic amines is 1. The van der Waals surface area contributed by atoms with Gasteiger partial charge >= 0.3 is 23.7 Å². The van der Waals surface area contributed by atoms with Gasteiger partial charge in [0.15, 0.2) is 5.58 Å². The predicted molar refractivity (Wildman–Crippen MR) is 91.5 cm³/mol. The van der Waals surface area contributed by atoms with E-state index in [1.165, 1.54) is 18.2 Å². The zero-order chi connectivity index (χ0) is 20.4. The second kappa shape index (κ2) is 6.03. The average Bonchev–Trinajstić information content (AvgIpc) is 3.36. The van der Waals surface area contributed by atoms with Crippen LogP contribution < -0.4 is 10.5 Å². The van der Waals surface area contributed by atoms with Crippen molar-refractivity contribution >= 4 is 34.8 Å². The van der Waals surface area contributed by atoms with Crippen LogP contribution in [0.2, 0.25) is 0 Å². The quantitative estimate of drug-likeness (QED) is 0.436. The van der Waals surface area contributed by atoms with Gasteiger partial charge in [-0.15, -0.1) is 0 Å². The SMILES string of the molecule is CC(=O)C(=O)OC1C2CC3C1OC(=O)C3C2C(=O)Oc1ccc2[nH]c(=O)oc2c1. The first-order valence-corrected chi connectivity index (χ1v) is 9.10. The lowest BCUT2D eigenvalue weighted by Gasteiger charge is -2.29. The van der Waals surface area contributed by atoms with Crippen molar-refractivity contribution in [3.05, 3.63) is 28.7 Å². The van der Waals surface area contributed by atoms with Gasteiger partial charge in [-0.05, 0) is 18.6 Å². The van der Waals surface area contributed by atoms with Crippen LogP contribution in [-0.4, -0.2) is 40.9 Å². The number of hydrogen-bond acceptors (Lipinski definition) is 9. The van der Waals surface area contributed by atoms with Crippen molar-refractivity contribution in [3.63, 3.8) is 0 Å². The van der Waals surface area contributed by atoms with Gasteiger partial charge in [-0.25, -0.2) is 9.59 Å². The molecule has 1 aromatic heterocycles. The average molecular weight is 401 g/mol. The third-order valence-electron chi connectivity index (χ3n) is 5.96. The molecular formula is C19H15NO9. The molecule has 0 spiro atoms. The second-order valence-corrected chi connectivity index (χ2v) is 7.54. The molecule has 29 heavy (non-hydrogen) atoms. The van der Waals surface area contributed by atoms with Crippen LogP contribution in [0, 0.1) is 23.7 Å². The molecule has 1 aromatic carbocycles.